The van der Waals surface area contributed by atoms with E-state index in [1.807, 2.05) is 39.0 Å². The molecule has 1 atom stereocenters. The van der Waals surface area contributed by atoms with Gasteiger partial charge in [0.1, 0.15) is 22.8 Å². The minimum Gasteiger partial charge on any atom is -0.496 e. The number of ether oxygens (including phenoxy) is 4. The highest BCUT2D eigenvalue weighted by molar-refractivity contribution is 5.82. The number of fused-ring (bicyclic) bond motifs is 1. The van der Waals surface area contributed by atoms with Gasteiger partial charge in [-0.1, -0.05) is 0 Å². The first-order chi connectivity index (χ1) is 14.8. The Bertz CT molecular complexity index is 770. The first kappa shape index (κ1) is 22.8. The van der Waals surface area contributed by atoms with Crippen LogP contribution in [-0.2, 0) is 4.74 Å². The third kappa shape index (κ3) is 6.32. The van der Waals surface area contributed by atoms with Crippen LogP contribution in [0.15, 0.2) is 23.2 Å². The van der Waals surface area contributed by atoms with Crippen LogP contribution in [0.2, 0.25) is 0 Å². The highest BCUT2D eigenvalue weighted by Crippen LogP contribution is 2.27. The van der Waals surface area contributed by atoms with Gasteiger partial charge in [-0.25, -0.2) is 4.79 Å². The van der Waals surface area contributed by atoms with Crippen molar-refractivity contribution >= 4 is 12.1 Å². The molecule has 1 fully saturated rings. The Morgan fingerprint density at radius 1 is 1.13 bits per heavy atom. The van der Waals surface area contributed by atoms with E-state index in [9.17, 15) is 4.79 Å². The van der Waals surface area contributed by atoms with E-state index >= 15 is 0 Å². The van der Waals surface area contributed by atoms with E-state index in [2.05, 4.69) is 15.2 Å². The second kappa shape index (κ2) is 9.98. The Morgan fingerprint density at radius 2 is 1.81 bits per heavy atom. The van der Waals surface area contributed by atoms with Crippen molar-refractivity contribution in [2.75, 3.05) is 53.6 Å². The van der Waals surface area contributed by atoms with E-state index in [1.54, 1.807) is 19.1 Å². The normalized spacial score (nSPS) is 18.2. The van der Waals surface area contributed by atoms with Gasteiger partial charge in [0.2, 0.25) is 0 Å². The molecule has 1 N–H and O–H groups in total. The van der Waals surface area contributed by atoms with Crippen LogP contribution in [-0.4, -0.2) is 87.0 Å². The van der Waals surface area contributed by atoms with E-state index in [4.69, 9.17) is 18.9 Å². The summed E-state index contributed by atoms with van der Waals surface area (Å²) in [6.07, 6.45) is 0.570. The van der Waals surface area contributed by atoms with Gasteiger partial charge in [-0.15, -0.1) is 0 Å². The summed E-state index contributed by atoms with van der Waals surface area (Å²) in [4.78, 5) is 21.0. The van der Waals surface area contributed by atoms with Gasteiger partial charge in [0.15, 0.2) is 5.96 Å². The van der Waals surface area contributed by atoms with Crippen molar-refractivity contribution < 1.29 is 23.7 Å². The van der Waals surface area contributed by atoms with Gasteiger partial charge >= 0.3 is 6.09 Å². The Labute approximate surface area is 184 Å². The largest absolute Gasteiger partial charge is 0.496 e. The number of nitrogens with one attached hydrogen (secondary N) is 1. The summed E-state index contributed by atoms with van der Waals surface area (Å²) in [5, 5.41) is 3.41. The number of carbonyl (C=O) groups excluding carboxylic acids is 1. The fourth-order valence-corrected chi connectivity index (χ4v) is 3.55. The van der Waals surface area contributed by atoms with E-state index in [1.165, 1.54) is 0 Å². The molecule has 0 aliphatic carbocycles. The second-order valence-electron chi connectivity index (χ2n) is 8.62. The number of piperazine rings is 1. The third-order valence-electron chi connectivity index (χ3n) is 5.06. The Kier molecular flexibility index (Phi) is 7.35. The molecule has 172 valence electrons. The van der Waals surface area contributed by atoms with Crippen LogP contribution in [0.5, 0.6) is 17.2 Å². The Balaban J connectivity index is 1.39. The van der Waals surface area contributed by atoms with Gasteiger partial charge in [-0.3, -0.25) is 4.99 Å². The maximum Gasteiger partial charge on any atom is 0.410 e. The van der Waals surface area contributed by atoms with Gasteiger partial charge < -0.3 is 34.1 Å². The van der Waals surface area contributed by atoms with E-state index in [-0.39, 0.29) is 12.1 Å². The van der Waals surface area contributed by atoms with E-state index < -0.39 is 5.60 Å². The summed E-state index contributed by atoms with van der Waals surface area (Å²) in [6, 6.07) is 5.69. The van der Waals surface area contributed by atoms with Crippen LogP contribution in [0.4, 0.5) is 4.79 Å². The molecule has 0 saturated carbocycles. The molecule has 2 heterocycles. The van der Waals surface area contributed by atoms with Crippen LogP contribution in [0, 0.1) is 0 Å². The highest BCUT2D eigenvalue weighted by Gasteiger charge is 2.36. The summed E-state index contributed by atoms with van der Waals surface area (Å²) in [5.74, 6) is 3.01. The van der Waals surface area contributed by atoms with Crippen LogP contribution in [0.25, 0.3) is 0 Å². The zero-order valence-corrected chi connectivity index (χ0v) is 19.1. The molecule has 0 radical (unpaired) electrons. The lowest BCUT2D eigenvalue weighted by Gasteiger charge is -2.39. The lowest BCUT2D eigenvalue weighted by Crippen LogP contribution is -2.57. The van der Waals surface area contributed by atoms with Gasteiger partial charge in [-0.2, -0.15) is 0 Å². The zero-order valence-electron chi connectivity index (χ0n) is 19.1. The summed E-state index contributed by atoms with van der Waals surface area (Å²) >= 11 is 0. The fourth-order valence-electron chi connectivity index (χ4n) is 3.55. The summed E-state index contributed by atoms with van der Waals surface area (Å²) in [7, 11) is 3.23. The molecule has 31 heavy (non-hydrogen) atoms. The van der Waals surface area contributed by atoms with E-state index in [0.717, 1.165) is 25.5 Å². The molecule has 2 aliphatic rings. The number of aliphatic imine (C=N–C) groups is 1. The van der Waals surface area contributed by atoms with Crippen molar-refractivity contribution in [3.8, 4) is 17.2 Å². The molecule has 2 aliphatic heterocycles. The van der Waals surface area contributed by atoms with Crippen molar-refractivity contribution in [2.24, 2.45) is 4.99 Å². The quantitative estimate of drug-likeness (QED) is 0.660. The second-order valence-corrected chi connectivity index (χ2v) is 8.62. The molecule has 9 heteroatoms. The van der Waals surface area contributed by atoms with Crippen molar-refractivity contribution in [1.29, 1.82) is 0 Å². The maximum atomic E-state index is 12.3. The molecule has 1 aromatic rings. The average Bonchev–Trinajstić information content (AvgIpc) is 3.14. The lowest BCUT2D eigenvalue weighted by molar-refractivity contribution is 0.0137. The molecule has 1 aromatic carbocycles. The monoisotopic (exact) mass is 434 g/mol. The number of nitrogens with zero attached hydrogens (tertiary/aromatic N) is 3. The number of benzene rings is 1. The molecule has 1 saturated heterocycles. The van der Waals surface area contributed by atoms with E-state index in [0.29, 0.717) is 43.5 Å². The van der Waals surface area contributed by atoms with Crippen LogP contribution < -0.4 is 19.5 Å². The molecule has 3 rings (SSSR count). The first-order valence-corrected chi connectivity index (χ1v) is 10.7. The fraction of sp³-hybridized carbons (Fsp3) is 0.636. The molecular weight excluding hydrogens is 400 g/mol. The predicted molar refractivity (Wildman–Crippen MR) is 118 cm³/mol. The average molecular weight is 435 g/mol. The number of rotatable bonds is 7. The van der Waals surface area contributed by atoms with Gasteiger partial charge in [0, 0.05) is 44.4 Å². The molecular formula is C22H34N4O5. The maximum absolute atomic E-state index is 12.3. The summed E-state index contributed by atoms with van der Waals surface area (Å²) in [6.45, 7) is 9.66. The van der Waals surface area contributed by atoms with Crippen LogP contribution in [0.3, 0.4) is 0 Å². The Hall–Kier alpha value is -2.84. The Morgan fingerprint density at radius 3 is 2.45 bits per heavy atom. The first-order valence-electron chi connectivity index (χ1n) is 10.7. The van der Waals surface area contributed by atoms with Crippen molar-refractivity contribution in [2.45, 2.75) is 38.8 Å². The minimum absolute atomic E-state index is 0.198. The third-order valence-corrected chi connectivity index (χ3v) is 5.06. The van der Waals surface area contributed by atoms with Crippen LogP contribution in [0.1, 0.15) is 27.2 Å². The number of carbonyl (C=O) groups is 1. The molecule has 9 nitrogen and oxygen atoms in total. The molecule has 0 spiro atoms. The molecule has 0 bridgehead atoms. The highest BCUT2D eigenvalue weighted by atomic mass is 16.6. The number of guanidine groups is 1. The topological polar surface area (TPSA) is 84.9 Å². The lowest BCUT2D eigenvalue weighted by atomic mass is 10.2. The van der Waals surface area contributed by atoms with Crippen molar-refractivity contribution in [1.82, 2.24) is 15.1 Å². The number of methoxy groups -OCH3 is 2. The zero-order chi connectivity index (χ0) is 22.4. The number of hydrogen-bond acceptors (Lipinski definition) is 8. The summed E-state index contributed by atoms with van der Waals surface area (Å²) < 4.78 is 21.9. The smallest absolute Gasteiger partial charge is 0.410 e. The summed E-state index contributed by atoms with van der Waals surface area (Å²) in [5.41, 5.74) is -0.481. The number of hydrogen-bond donors (Lipinski definition) is 1. The molecule has 1 amide bonds. The van der Waals surface area contributed by atoms with Crippen LogP contribution >= 0.6 is 0 Å². The molecule has 1 unspecified atom stereocenters. The predicted octanol–water partition coefficient (Wildman–Crippen LogP) is 2.35. The van der Waals surface area contributed by atoms with Gasteiger partial charge in [-0.05, 0) is 27.2 Å². The van der Waals surface area contributed by atoms with Crippen molar-refractivity contribution in [3.63, 3.8) is 0 Å². The SMILES string of the molecule is COc1cc(OC)cc(OCCCNC2=NCC3CN(C(=O)OC(C)(C)C)CCN23)c1. The molecule has 0 aromatic heterocycles. The van der Waals surface area contributed by atoms with Gasteiger partial charge in [0.05, 0.1) is 33.4 Å². The minimum atomic E-state index is -0.481. The van der Waals surface area contributed by atoms with Crippen molar-refractivity contribution in [3.05, 3.63) is 18.2 Å². The van der Waals surface area contributed by atoms with Gasteiger partial charge in [0.25, 0.3) is 0 Å². The standard InChI is InChI=1S/C22H34N4O5/c1-22(2,3)31-21(27)25-8-9-26-16(15-25)14-24-20(26)23-7-6-10-30-19-12-17(28-4)11-18(13-19)29-5/h11-13,16H,6-10,14-15H2,1-5H3,(H,23,24). The number of amides is 1.